The van der Waals surface area contributed by atoms with Crippen LogP contribution in [0.25, 0.3) is 11.4 Å². The monoisotopic (exact) mass is 378 g/mol. The minimum absolute atomic E-state index is 0.0768. The first-order valence-corrected chi connectivity index (χ1v) is 10.1. The average molecular weight is 379 g/mol. The van der Waals surface area contributed by atoms with Gasteiger partial charge in [-0.3, -0.25) is 4.79 Å². The van der Waals surface area contributed by atoms with Gasteiger partial charge in [0.05, 0.1) is 5.75 Å². The number of carbonyl (C=O) groups is 1. The van der Waals surface area contributed by atoms with E-state index < -0.39 is 0 Å². The van der Waals surface area contributed by atoms with E-state index in [0.717, 1.165) is 29.4 Å². The van der Waals surface area contributed by atoms with Crippen LogP contribution in [0.2, 0.25) is 5.02 Å². The van der Waals surface area contributed by atoms with Gasteiger partial charge >= 0.3 is 0 Å². The van der Waals surface area contributed by atoms with Crippen LogP contribution in [0, 0.1) is 0 Å². The van der Waals surface area contributed by atoms with Crippen LogP contribution in [0.3, 0.4) is 0 Å². The average Bonchev–Trinajstić information content (AvgIpc) is 2.80. The maximum atomic E-state index is 12.2. The number of thioether (sulfide) groups is 1. The number of aromatic nitrogens is 3. The predicted octanol–water partition coefficient (Wildman–Crippen LogP) is 4.07. The van der Waals surface area contributed by atoms with E-state index in [1.807, 2.05) is 35.9 Å². The molecule has 1 heterocycles. The van der Waals surface area contributed by atoms with Crippen molar-refractivity contribution < 1.29 is 4.79 Å². The quantitative estimate of drug-likeness (QED) is 0.629. The normalized spacial score (nSPS) is 15.8. The number of carbonyl (C=O) groups excluding carboxylic acids is 1. The van der Waals surface area contributed by atoms with E-state index >= 15 is 0 Å². The summed E-state index contributed by atoms with van der Waals surface area (Å²) in [6.45, 7) is 0. The summed E-state index contributed by atoms with van der Waals surface area (Å²) in [4.78, 5) is 12.2. The zero-order valence-corrected chi connectivity index (χ0v) is 15.9. The largest absolute Gasteiger partial charge is 0.353 e. The number of hydrogen-bond donors (Lipinski definition) is 1. The number of hydrogen-bond acceptors (Lipinski definition) is 4. The molecule has 25 heavy (non-hydrogen) atoms. The lowest BCUT2D eigenvalue weighted by Gasteiger charge is -2.15. The molecule has 0 spiro atoms. The van der Waals surface area contributed by atoms with Gasteiger partial charge in [-0.05, 0) is 37.1 Å². The van der Waals surface area contributed by atoms with E-state index in [4.69, 9.17) is 11.6 Å². The van der Waals surface area contributed by atoms with E-state index in [-0.39, 0.29) is 5.91 Å². The number of halogens is 1. The fraction of sp³-hybridized carbons (Fsp3) is 0.500. The summed E-state index contributed by atoms with van der Waals surface area (Å²) in [5, 5.41) is 13.0. The molecule has 0 saturated heterocycles. The summed E-state index contributed by atoms with van der Waals surface area (Å²) in [6, 6.07) is 7.83. The Kier molecular flexibility index (Phi) is 6.37. The third-order valence-electron chi connectivity index (χ3n) is 4.49. The first kappa shape index (κ1) is 18.3. The van der Waals surface area contributed by atoms with Crippen molar-refractivity contribution in [2.75, 3.05) is 5.75 Å². The molecule has 1 N–H and O–H groups in total. The Morgan fingerprint density at radius 2 is 1.88 bits per heavy atom. The minimum Gasteiger partial charge on any atom is -0.353 e. The van der Waals surface area contributed by atoms with Crippen LogP contribution in [0.4, 0.5) is 0 Å². The second kappa shape index (κ2) is 8.72. The maximum Gasteiger partial charge on any atom is 0.230 e. The van der Waals surface area contributed by atoms with Crippen molar-refractivity contribution in [3.8, 4) is 11.4 Å². The van der Waals surface area contributed by atoms with Crippen molar-refractivity contribution in [3.63, 3.8) is 0 Å². The molecule has 5 nitrogen and oxygen atoms in total. The molecule has 1 aromatic heterocycles. The van der Waals surface area contributed by atoms with Crippen molar-refractivity contribution in [3.05, 3.63) is 29.3 Å². The molecule has 1 saturated carbocycles. The highest BCUT2D eigenvalue weighted by Gasteiger charge is 2.16. The fourth-order valence-electron chi connectivity index (χ4n) is 3.11. The molecular formula is C18H23ClN4OS. The molecule has 2 aromatic rings. The molecule has 0 unspecified atom stereocenters. The minimum atomic E-state index is 0.0768. The van der Waals surface area contributed by atoms with Crippen molar-refractivity contribution in [2.24, 2.45) is 7.05 Å². The summed E-state index contributed by atoms with van der Waals surface area (Å²) in [6.07, 6.45) is 7.20. The number of nitrogens with zero attached hydrogens (tertiary/aromatic N) is 3. The first-order valence-electron chi connectivity index (χ1n) is 8.71. The molecule has 1 amide bonds. The van der Waals surface area contributed by atoms with Gasteiger partial charge in [0.15, 0.2) is 11.0 Å². The van der Waals surface area contributed by atoms with Gasteiger partial charge in [0.1, 0.15) is 0 Å². The Hall–Kier alpha value is -1.53. The van der Waals surface area contributed by atoms with E-state index in [0.29, 0.717) is 16.8 Å². The highest BCUT2D eigenvalue weighted by molar-refractivity contribution is 7.99. The van der Waals surface area contributed by atoms with Crippen LogP contribution in [-0.2, 0) is 11.8 Å². The lowest BCUT2D eigenvalue weighted by molar-refractivity contribution is -0.119. The zero-order valence-electron chi connectivity index (χ0n) is 14.4. The molecule has 1 fully saturated rings. The van der Waals surface area contributed by atoms with Crippen LogP contribution in [0.1, 0.15) is 38.5 Å². The molecule has 1 aliphatic rings. The van der Waals surface area contributed by atoms with Gasteiger partial charge in [0, 0.05) is 23.7 Å². The van der Waals surface area contributed by atoms with Gasteiger partial charge in [0.25, 0.3) is 0 Å². The smallest absolute Gasteiger partial charge is 0.230 e. The van der Waals surface area contributed by atoms with Crippen molar-refractivity contribution >= 4 is 29.3 Å². The van der Waals surface area contributed by atoms with E-state index in [9.17, 15) is 4.79 Å². The van der Waals surface area contributed by atoms with Crippen molar-refractivity contribution in [2.45, 2.75) is 49.7 Å². The Bertz CT molecular complexity index is 708. The van der Waals surface area contributed by atoms with Crippen LogP contribution in [-0.4, -0.2) is 32.5 Å². The number of amides is 1. The third-order valence-corrected chi connectivity index (χ3v) is 5.76. The maximum absolute atomic E-state index is 12.2. The number of rotatable bonds is 5. The van der Waals surface area contributed by atoms with Crippen LogP contribution in [0.5, 0.6) is 0 Å². The molecule has 7 heteroatoms. The van der Waals surface area contributed by atoms with Crippen LogP contribution < -0.4 is 5.32 Å². The third kappa shape index (κ3) is 4.98. The van der Waals surface area contributed by atoms with Gasteiger partial charge in [-0.2, -0.15) is 0 Å². The van der Waals surface area contributed by atoms with Crippen LogP contribution >= 0.6 is 23.4 Å². The highest BCUT2D eigenvalue weighted by Crippen LogP contribution is 2.24. The summed E-state index contributed by atoms with van der Waals surface area (Å²) >= 11 is 7.35. The van der Waals surface area contributed by atoms with Gasteiger partial charge in [-0.15, -0.1) is 10.2 Å². The van der Waals surface area contributed by atoms with E-state index in [1.54, 1.807) is 0 Å². The second-order valence-electron chi connectivity index (χ2n) is 6.42. The molecule has 3 rings (SSSR count). The Morgan fingerprint density at radius 3 is 2.56 bits per heavy atom. The highest BCUT2D eigenvalue weighted by atomic mass is 35.5. The molecule has 134 valence electrons. The lowest BCUT2D eigenvalue weighted by Crippen LogP contribution is -2.35. The zero-order chi connectivity index (χ0) is 17.6. The standard InChI is InChI=1S/C18H23ClN4OS/c1-23-17(13-8-10-14(19)11-9-13)21-22-18(23)25-12-16(24)20-15-6-4-2-3-5-7-15/h8-11,15H,2-7,12H2,1H3,(H,20,24). The van der Waals surface area contributed by atoms with Crippen LogP contribution in [0.15, 0.2) is 29.4 Å². The number of benzene rings is 1. The SMILES string of the molecule is Cn1c(SCC(=O)NC2CCCCCC2)nnc1-c1ccc(Cl)cc1. The summed E-state index contributed by atoms with van der Waals surface area (Å²) < 4.78 is 1.91. The van der Waals surface area contributed by atoms with Gasteiger partial charge in [-0.1, -0.05) is 49.0 Å². The van der Waals surface area contributed by atoms with Crippen molar-refractivity contribution in [1.82, 2.24) is 20.1 Å². The molecule has 1 aromatic carbocycles. The van der Waals surface area contributed by atoms with Gasteiger partial charge in [-0.25, -0.2) is 0 Å². The molecule has 0 radical (unpaired) electrons. The molecule has 0 bridgehead atoms. The first-order chi connectivity index (χ1) is 12.1. The molecular weight excluding hydrogens is 356 g/mol. The summed E-state index contributed by atoms with van der Waals surface area (Å²) in [7, 11) is 1.91. The Morgan fingerprint density at radius 1 is 1.20 bits per heavy atom. The molecule has 1 aliphatic carbocycles. The molecule has 0 aliphatic heterocycles. The predicted molar refractivity (Wildman–Crippen MR) is 102 cm³/mol. The summed E-state index contributed by atoms with van der Waals surface area (Å²) in [5.41, 5.74) is 0.953. The summed E-state index contributed by atoms with van der Waals surface area (Å²) in [5.74, 6) is 1.21. The lowest BCUT2D eigenvalue weighted by atomic mass is 10.1. The van der Waals surface area contributed by atoms with E-state index in [1.165, 1.54) is 37.4 Å². The van der Waals surface area contributed by atoms with E-state index in [2.05, 4.69) is 15.5 Å². The Balaban J connectivity index is 1.56. The van der Waals surface area contributed by atoms with Gasteiger partial charge < -0.3 is 9.88 Å². The molecule has 0 atom stereocenters. The topological polar surface area (TPSA) is 59.8 Å². The fourth-order valence-corrected chi connectivity index (χ4v) is 3.96. The van der Waals surface area contributed by atoms with Crippen molar-refractivity contribution in [1.29, 1.82) is 0 Å². The second-order valence-corrected chi connectivity index (χ2v) is 7.80. The number of nitrogens with one attached hydrogen (secondary N) is 1. The Labute approximate surface area is 157 Å². The van der Waals surface area contributed by atoms with Gasteiger partial charge in [0.2, 0.25) is 5.91 Å².